The predicted molar refractivity (Wildman–Crippen MR) is 298 cm³/mol. The molecular formula is C55H28B10N4. The van der Waals surface area contributed by atoms with Crippen LogP contribution in [0.3, 0.4) is 0 Å². The molecule has 0 spiro atoms. The van der Waals surface area contributed by atoms with Crippen LogP contribution in [0.5, 0.6) is 0 Å². The minimum absolute atomic E-state index is 0.0583. The average Bonchev–Trinajstić information content (AvgIpc) is 3.95. The fraction of sp³-hybridized carbons (Fsp3) is 0.0545. The molecule has 0 N–H and O–H groups in total. The number of rotatable bonds is 5. The van der Waals surface area contributed by atoms with Crippen molar-refractivity contribution in [3.63, 3.8) is 0 Å². The van der Waals surface area contributed by atoms with Crippen molar-refractivity contribution in [2.24, 2.45) is 0 Å². The zero-order valence-electron chi connectivity index (χ0n) is 37.8. The maximum Gasteiger partial charge on any atom is 0.235 e. The van der Waals surface area contributed by atoms with Gasteiger partial charge in [0.2, 0.25) is 5.95 Å². The third-order valence-corrected chi connectivity index (χ3v) is 14.3. The second kappa shape index (κ2) is 15.6. The highest BCUT2D eigenvalue weighted by molar-refractivity contribution is 6.70. The molecule has 1 aliphatic rings. The van der Waals surface area contributed by atoms with Crippen LogP contribution in [-0.2, 0) is 5.41 Å². The van der Waals surface area contributed by atoms with Gasteiger partial charge in [0, 0.05) is 32.6 Å². The summed E-state index contributed by atoms with van der Waals surface area (Å²) in [5.41, 5.74) is 13.2. The number of para-hydroxylation sites is 2. The van der Waals surface area contributed by atoms with Crippen LogP contribution in [0.15, 0.2) is 133 Å². The minimum atomic E-state index is -0.335. The normalized spacial score (nSPS) is 12.9. The molecule has 0 saturated carbocycles. The van der Waals surface area contributed by atoms with Gasteiger partial charge in [0.15, 0.2) is 0 Å². The molecule has 8 aromatic carbocycles. The van der Waals surface area contributed by atoms with E-state index in [4.69, 9.17) is 88.4 Å². The van der Waals surface area contributed by atoms with Crippen LogP contribution in [0.1, 0.15) is 25.0 Å². The molecule has 14 heteroatoms. The summed E-state index contributed by atoms with van der Waals surface area (Å²) in [4.78, 5) is 10.5. The van der Waals surface area contributed by atoms with Crippen molar-refractivity contribution >= 4 is 177 Å². The molecule has 4 nitrogen and oxygen atoms in total. The Morgan fingerprint density at radius 1 is 0.362 bits per heavy atom. The van der Waals surface area contributed by atoms with Crippen molar-refractivity contribution in [1.29, 1.82) is 0 Å². The summed E-state index contributed by atoms with van der Waals surface area (Å²) in [6.45, 7) is 4.50. The quantitative estimate of drug-likeness (QED) is 0.249. The largest absolute Gasteiger partial charge is 0.309 e. The van der Waals surface area contributed by atoms with Crippen LogP contribution in [0.25, 0.3) is 100 Å². The fourth-order valence-electron chi connectivity index (χ4n) is 10.7. The lowest BCUT2D eigenvalue weighted by Crippen LogP contribution is -2.55. The highest BCUT2D eigenvalue weighted by Gasteiger charge is 2.36. The lowest BCUT2D eigenvalue weighted by Gasteiger charge is -2.24. The van der Waals surface area contributed by atoms with Crippen molar-refractivity contribution in [3.8, 4) is 56.4 Å². The van der Waals surface area contributed by atoms with E-state index in [9.17, 15) is 0 Å². The van der Waals surface area contributed by atoms with Gasteiger partial charge < -0.3 is 4.57 Å². The van der Waals surface area contributed by atoms with Gasteiger partial charge in [0.1, 0.15) is 78.5 Å². The third kappa shape index (κ3) is 6.23. The molecule has 3 heterocycles. The molecule has 69 heavy (non-hydrogen) atoms. The number of nitrogens with zero attached hydrogens (tertiary/aromatic N) is 4. The number of aromatic nitrogens is 4. The van der Waals surface area contributed by atoms with Crippen LogP contribution < -0.4 is 54.6 Å². The molecule has 298 valence electrons. The Morgan fingerprint density at radius 2 is 0.826 bits per heavy atom. The number of benzene rings is 8. The molecule has 3 aromatic heterocycles. The second-order valence-electron chi connectivity index (χ2n) is 18.4. The Hall–Kier alpha value is -6.91. The van der Waals surface area contributed by atoms with Crippen molar-refractivity contribution in [2.45, 2.75) is 19.3 Å². The van der Waals surface area contributed by atoms with E-state index in [2.05, 4.69) is 140 Å². The van der Waals surface area contributed by atoms with Crippen molar-refractivity contribution in [2.75, 3.05) is 0 Å². The van der Waals surface area contributed by atoms with E-state index in [0.29, 0.717) is 0 Å². The van der Waals surface area contributed by atoms with Crippen LogP contribution >= 0.6 is 0 Å². The topological polar surface area (TPSA) is 35.6 Å². The van der Waals surface area contributed by atoms with E-state index in [1.807, 2.05) is 10.6 Å². The van der Waals surface area contributed by atoms with E-state index in [-0.39, 0.29) is 88.5 Å². The molecule has 11 aromatic rings. The van der Waals surface area contributed by atoms with Gasteiger partial charge in [-0.15, -0.1) is 32.8 Å². The molecule has 0 aliphatic heterocycles. The smallest absolute Gasteiger partial charge is 0.235 e. The first-order valence-corrected chi connectivity index (χ1v) is 22.4. The Kier molecular flexibility index (Phi) is 9.78. The average molecular weight is 853 g/mol. The van der Waals surface area contributed by atoms with E-state index >= 15 is 0 Å². The Balaban J connectivity index is 1.16. The molecule has 12 rings (SSSR count). The van der Waals surface area contributed by atoms with Crippen LogP contribution in [0, 0.1) is 0 Å². The van der Waals surface area contributed by atoms with Gasteiger partial charge in [-0.05, 0) is 105 Å². The van der Waals surface area contributed by atoms with E-state index in [1.165, 1.54) is 11.1 Å². The summed E-state index contributed by atoms with van der Waals surface area (Å²) < 4.78 is 4.35. The maximum absolute atomic E-state index is 6.74. The molecular weight excluding hydrogens is 825 g/mol. The molecule has 0 fully saturated rings. The monoisotopic (exact) mass is 854 g/mol. The summed E-state index contributed by atoms with van der Waals surface area (Å²) in [6, 6.07) is 46.9. The van der Waals surface area contributed by atoms with Crippen LogP contribution in [-0.4, -0.2) is 97.6 Å². The van der Waals surface area contributed by atoms with Crippen molar-refractivity contribution < 1.29 is 0 Å². The predicted octanol–water partition coefficient (Wildman–Crippen LogP) is 1.92. The van der Waals surface area contributed by atoms with Gasteiger partial charge in [0.25, 0.3) is 0 Å². The fourth-order valence-corrected chi connectivity index (χ4v) is 10.7. The van der Waals surface area contributed by atoms with Gasteiger partial charge in [-0.2, -0.15) is 0 Å². The van der Waals surface area contributed by atoms with E-state index < -0.39 is 0 Å². The molecule has 0 atom stereocenters. The number of hydrogen-bond acceptors (Lipinski definition) is 2. The van der Waals surface area contributed by atoms with Crippen molar-refractivity contribution in [3.05, 3.63) is 145 Å². The molecule has 20 radical (unpaired) electrons. The van der Waals surface area contributed by atoms with E-state index in [1.54, 1.807) is 6.07 Å². The first-order chi connectivity index (χ1) is 33.1. The lowest BCUT2D eigenvalue weighted by atomic mass is 9.59. The van der Waals surface area contributed by atoms with Gasteiger partial charge in [-0.3, -0.25) is 4.57 Å². The first kappa shape index (κ1) is 43.4. The van der Waals surface area contributed by atoms with Gasteiger partial charge in [-0.1, -0.05) is 108 Å². The Labute approximate surface area is 413 Å². The standard InChI is InChI=1S/C55H28B10N4/c1-55(2)34-14-8-6-12-28(34)30-22-33-32-21-26(25-16-18-39-31(20-25)29-13-7-9-15-38(29)68(39)27-10-4-3-5-11-27)17-19-40(32)69(41(33)23-35(30)55)54-66-36(42-44(56)48(60)52(64)49(61)45(42)57)24-37(67-54)43-46(58)50(62)53(65)51(63)47(43)59/h3-24H,1-2H3. The van der Waals surface area contributed by atoms with Crippen LogP contribution in [0.2, 0.25) is 0 Å². The Morgan fingerprint density at radius 3 is 1.42 bits per heavy atom. The van der Waals surface area contributed by atoms with Gasteiger partial charge in [0.05, 0.1) is 33.5 Å². The van der Waals surface area contributed by atoms with E-state index in [0.717, 1.165) is 71.6 Å². The summed E-state index contributed by atoms with van der Waals surface area (Å²) in [5, 5.41) is 4.26. The van der Waals surface area contributed by atoms with Crippen molar-refractivity contribution in [1.82, 2.24) is 19.1 Å². The summed E-state index contributed by atoms with van der Waals surface area (Å²) in [5.74, 6) is 0.235. The molecule has 0 saturated heterocycles. The second-order valence-corrected chi connectivity index (χ2v) is 18.4. The summed E-state index contributed by atoms with van der Waals surface area (Å²) >= 11 is 0. The molecule has 0 bridgehead atoms. The number of hydrogen-bond donors (Lipinski definition) is 0. The minimum Gasteiger partial charge on any atom is -0.309 e. The maximum atomic E-state index is 6.74. The van der Waals surface area contributed by atoms with Gasteiger partial charge >= 0.3 is 0 Å². The Bertz CT molecular complexity index is 3920. The summed E-state index contributed by atoms with van der Waals surface area (Å²) in [7, 11) is 65.4. The zero-order chi connectivity index (χ0) is 47.9. The van der Waals surface area contributed by atoms with Crippen LogP contribution in [0.4, 0.5) is 0 Å². The SMILES string of the molecule is [B]c1c([B])c([B])c(-c2cc(-c3c([B])c([B])c([B])c([B])c3[B])nc(-n3c4ccc(-c5ccc6c(c5)c5ccccc5n6-c5ccccc5)cc4c4cc5c(cc43)C(C)(C)c3ccccc3-5)n2)c([B])c1[B]. The molecule has 1 aliphatic carbocycles. The number of fused-ring (bicyclic) bond motifs is 9. The highest BCUT2D eigenvalue weighted by Crippen LogP contribution is 2.51. The highest BCUT2D eigenvalue weighted by atomic mass is 15.2. The molecule has 0 unspecified atom stereocenters. The third-order valence-electron chi connectivity index (χ3n) is 14.3. The molecule has 0 amide bonds. The lowest BCUT2D eigenvalue weighted by molar-refractivity contribution is 0.661. The summed E-state index contributed by atoms with van der Waals surface area (Å²) in [6.07, 6.45) is 0. The zero-order valence-corrected chi connectivity index (χ0v) is 37.8. The first-order valence-electron chi connectivity index (χ1n) is 22.4. The van der Waals surface area contributed by atoms with Gasteiger partial charge in [-0.25, -0.2) is 9.97 Å².